The van der Waals surface area contributed by atoms with Gasteiger partial charge in [0.15, 0.2) is 0 Å². The summed E-state index contributed by atoms with van der Waals surface area (Å²) in [5.41, 5.74) is 0. The summed E-state index contributed by atoms with van der Waals surface area (Å²) in [5.74, 6) is 0.863. The number of aliphatic hydroxyl groups excluding tert-OH is 1. The Labute approximate surface area is 67.8 Å². The molecule has 0 aromatic carbocycles. The molecule has 0 aliphatic carbocycles. The van der Waals surface area contributed by atoms with Gasteiger partial charge in [0.25, 0.3) is 0 Å². The first kappa shape index (κ1) is 10.4. The van der Waals surface area contributed by atoms with E-state index in [2.05, 4.69) is 5.32 Å². The van der Waals surface area contributed by atoms with E-state index in [0.717, 1.165) is 18.8 Å². The zero-order valence-electron chi connectivity index (χ0n) is 7.18. The molecule has 0 spiro atoms. The number of carbonyl (C=O) groups is 1. The number of amides is 1. The molecule has 3 heteroatoms. The Hall–Kier alpha value is -0.570. The van der Waals surface area contributed by atoms with E-state index in [1.165, 1.54) is 0 Å². The minimum Gasteiger partial charge on any atom is -0.395 e. The van der Waals surface area contributed by atoms with Crippen LogP contribution in [0, 0.1) is 5.92 Å². The Morgan fingerprint density at radius 2 is 1.91 bits per heavy atom. The maximum absolute atomic E-state index is 11.1. The fraction of sp³-hybridized carbons (Fsp3) is 0.750. The highest BCUT2D eigenvalue weighted by Gasteiger charge is 2.13. The van der Waals surface area contributed by atoms with Gasteiger partial charge in [0.2, 0.25) is 5.91 Å². The van der Waals surface area contributed by atoms with Crippen LogP contribution in [-0.4, -0.2) is 24.2 Å². The van der Waals surface area contributed by atoms with Crippen molar-refractivity contribution in [2.45, 2.75) is 26.7 Å². The summed E-state index contributed by atoms with van der Waals surface area (Å²) in [6, 6.07) is 0. The van der Waals surface area contributed by atoms with E-state index in [-0.39, 0.29) is 12.5 Å². The monoisotopic (exact) mass is 158 g/mol. The normalized spacial score (nSPS) is 10.2. The van der Waals surface area contributed by atoms with Crippen molar-refractivity contribution in [2.24, 2.45) is 0 Å². The maximum atomic E-state index is 11.1. The summed E-state index contributed by atoms with van der Waals surface area (Å²) in [6.45, 7) is 4.27. The van der Waals surface area contributed by atoms with Crippen molar-refractivity contribution >= 4 is 5.91 Å². The molecule has 11 heavy (non-hydrogen) atoms. The first-order chi connectivity index (χ1) is 5.26. The van der Waals surface area contributed by atoms with Gasteiger partial charge >= 0.3 is 0 Å². The van der Waals surface area contributed by atoms with E-state index in [9.17, 15) is 4.79 Å². The van der Waals surface area contributed by atoms with Gasteiger partial charge in [-0.1, -0.05) is 13.8 Å². The summed E-state index contributed by atoms with van der Waals surface area (Å²) in [5, 5.41) is 11.0. The highest BCUT2D eigenvalue weighted by Crippen LogP contribution is 2.09. The van der Waals surface area contributed by atoms with Crippen LogP contribution in [0.25, 0.3) is 0 Å². The van der Waals surface area contributed by atoms with Crippen LogP contribution in [-0.2, 0) is 4.79 Å². The van der Waals surface area contributed by atoms with Gasteiger partial charge in [0, 0.05) is 6.54 Å². The molecule has 0 saturated carbocycles. The largest absolute Gasteiger partial charge is 0.395 e. The second-order valence-electron chi connectivity index (χ2n) is 2.29. The van der Waals surface area contributed by atoms with Crippen molar-refractivity contribution in [3.05, 3.63) is 5.92 Å². The first-order valence-electron chi connectivity index (χ1n) is 4.00. The molecule has 0 aliphatic heterocycles. The fourth-order valence-corrected chi connectivity index (χ4v) is 0.866. The lowest BCUT2D eigenvalue weighted by Crippen LogP contribution is -2.31. The van der Waals surface area contributed by atoms with Gasteiger partial charge in [-0.2, -0.15) is 0 Å². The Balaban J connectivity index is 3.61. The van der Waals surface area contributed by atoms with Crippen molar-refractivity contribution < 1.29 is 9.90 Å². The van der Waals surface area contributed by atoms with Gasteiger partial charge in [-0.25, -0.2) is 0 Å². The molecule has 2 N–H and O–H groups in total. The molecule has 1 radical (unpaired) electrons. The third kappa shape index (κ3) is 3.98. The van der Waals surface area contributed by atoms with Gasteiger partial charge in [-0.05, 0) is 12.8 Å². The molecular formula is C8H16NO2. The third-order valence-electron chi connectivity index (χ3n) is 1.57. The van der Waals surface area contributed by atoms with Crippen LogP contribution in [0.1, 0.15) is 26.7 Å². The zero-order valence-corrected chi connectivity index (χ0v) is 7.18. The minimum absolute atomic E-state index is 0.00640. The fourth-order valence-electron chi connectivity index (χ4n) is 0.866. The molecule has 0 saturated heterocycles. The number of carbonyl (C=O) groups excluding carboxylic acids is 1. The van der Waals surface area contributed by atoms with Gasteiger partial charge in [-0.3, -0.25) is 4.79 Å². The van der Waals surface area contributed by atoms with E-state index >= 15 is 0 Å². The lowest BCUT2D eigenvalue weighted by molar-refractivity contribution is -0.119. The number of aliphatic hydroxyl groups is 1. The molecule has 0 unspecified atom stereocenters. The summed E-state index contributed by atoms with van der Waals surface area (Å²) in [7, 11) is 0. The minimum atomic E-state index is -0.0240. The van der Waals surface area contributed by atoms with Gasteiger partial charge in [-0.15, -0.1) is 0 Å². The number of nitrogens with one attached hydrogen (secondary N) is 1. The van der Waals surface area contributed by atoms with E-state index in [0.29, 0.717) is 6.54 Å². The molecule has 0 fully saturated rings. The molecule has 0 rings (SSSR count). The average Bonchev–Trinajstić information content (AvgIpc) is 2.03. The molecule has 0 bridgehead atoms. The van der Waals surface area contributed by atoms with E-state index in [1.54, 1.807) is 0 Å². The predicted octanol–water partition coefficient (Wildman–Crippen LogP) is 0.489. The Bertz CT molecular complexity index is 111. The third-order valence-corrected chi connectivity index (χ3v) is 1.57. The molecule has 0 aromatic rings. The Morgan fingerprint density at radius 3 is 2.27 bits per heavy atom. The quantitative estimate of drug-likeness (QED) is 0.611. The smallest absolute Gasteiger partial charge is 0.227 e. The molecule has 65 valence electrons. The molecule has 0 aromatic heterocycles. The van der Waals surface area contributed by atoms with Crippen molar-refractivity contribution in [3.63, 3.8) is 0 Å². The predicted molar refractivity (Wildman–Crippen MR) is 43.9 cm³/mol. The van der Waals surface area contributed by atoms with Crippen molar-refractivity contribution in [1.82, 2.24) is 5.32 Å². The molecule has 0 heterocycles. The highest BCUT2D eigenvalue weighted by molar-refractivity contribution is 5.89. The first-order valence-corrected chi connectivity index (χ1v) is 4.00. The van der Waals surface area contributed by atoms with Crippen LogP contribution < -0.4 is 5.32 Å². The second-order valence-corrected chi connectivity index (χ2v) is 2.29. The van der Waals surface area contributed by atoms with Gasteiger partial charge in [0.05, 0.1) is 12.5 Å². The molecule has 3 nitrogen and oxygen atoms in total. The zero-order chi connectivity index (χ0) is 8.69. The molecule has 1 amide bonds. The Morgan fingerprint density at radius 1 is 1.36 bits per heavy atom. The lowest BCUT2D eigenvalue weighted by atomic mass is 10.0. The van der Waals surface area contributed by atoms with E-state index in [4.69, 9.17) is 5.11 Å². The number of hydrogen-bond acceptors (Lipinski definition) is 2. The summed E-state index contributed by atoms with van der Waals surface area (Å²) in [6.07, 6.45) is 1.57. The SMILES string of the molecule is CC[C](CC)C(=O)NCCO. The van der Waals surface area contributed by atoms with Crippen LogP contribution in [0.2, 0.25) is 0 Å². The lowest BCUT2D eigenvalue weighted by Gasteiger charge is -2.10. The topological polar surface area (TPSA) is 49.3 Å². The van der Waals surface area contributed by atoms with Crippen LogP contribution in [0.5, 0.6) is 0 Å². The maximum Gasteiger partial charge on any atom is 0.227 e. The molecule has 0 atom stereocenters. The summed E-state index contributed by atoms with van der Waals surface area (Å²) >= 11 is 0. The van der Waals surface area contributed by atoms with Crippen LogP contribution in [0.15, 0.2) is 0 Å². The molecule has 0 aliphatic rings. The average molecular weight is 158 g/mol. The van der Waals surface area contributed by atoms with Crippen LogP contribution in [0.3, 0.4) is 0 Å². The standard InChI is InChI=1S/C8H16NO2/c1-3-7(4-2)8(11)9-5-6-10/h10H,3-6H2,1-2H3,(H,9,11). The van der Waals surface area contributed by atoms with Crippen LogP contribution >= 0.6 is 0 Å². The van der Waals surface area contributed by atoms with Crippen molar-refractivity contribution in [3.8, 4) is 0 Å². The summed E-state index contributed by atoms with van der Waals surface area (Å²) < 4.78 is 0. The van der Waals surface area contributed by atoms with Crippen LogP contribution in [0.4, 0.5) is 0 Å². The van der Waals surface area contributed by atoms with Gasteiger partial charge in [0.1, 0.15) is 0 Å². The highest BCUT2D eigenvalue weighted by atomic mass is 16.3. The summed E-state index contributed by atoms with van der Waals surface area (Å²) in [4.78, 5) is 11.1. The van der Waals surface area contributed by atoms with Gasteiger partial charge < -0.3 is 10.4 Å². The number of rotatable bonds is 5. The van der Waals surface area contributed by atoms with Crippen molar-refractivity contribution in [2.75, 3.05) is 13.2 Å². The van der Waals surface area contributed by atoms with E-state index < -0.39 is 0 Å². The van der Waals surface area contributed by atoms with Crippen molar-refractivity contribution in [1.29, 1.82) is 0 Å². The van der Waals surface area contributed by atoms with E-state index in [1.807, 2.05) is 13.8 Å². The number of hydrogen-bond donors (Lipinski definition) is 2. The molecular weight excluding hydrogens is 142 g/mol. The Kier molecular flexibility index (Phi) is 5.84. The second kappa shape index (κ2) is 6.16.